The summed E-state index contributed by atoms with van der Waals surface area (Å²) in [6.45, 7) is 8.07. The zero-order valence-electron chi connectivity index (χ0n) is 19.5. The van der Waals surface area contributed by atoms with E-state index in [1.165, 1.54) is 12.1 Å². The lowest BCUT2D eigenvalue weighted by molar-refractivity contribution is -0.121. The third-order valence-electron chi connectivity index (χ3n) is 6.52. The molecular weight excluding hydrogens is 433 g/mol. The van der Waals surface area contributed by atoms with Crippen LogP contribution in [0.3, 0.4) is 0 Å². The number of nitrogens with zero attached hydrogens (tertiary/aromatic N) is 4. The molecule has 1 saturated heterocycles. The lowest BCUT2D eigenvalue weighted by Crippen LogP contribution is -2.47. The minimum absolute atomic E-state index is 0.0345. The normalized spacial score (nSPS) is 15.4. The van der Waals surface area contributed by atoms with Crippen molar-refractivity contribution in [2.75, 3.05) is 44.2 Å². The van der Waals surface area contributed by atoms with Crippen LogP contribution in [0.5, 0.6) is 5.75 Å². The van der Waals surface area contributed by atoms with Crippen molar-refractivity contribution in [2.24, 2.45) is 0 Å². The summed E-state index contributed by atoms with van der Waals surface area (Å²) in [5.41, 5.74) is 5.18. The lowest BCUT2D eigenvalue weighted by atomic mass is 10.0. The fourth-order valence-electron chi connectivity index (χ4n) is 4.68. The monoisotopic (exact) mass is 463 g/mol. The number of hydrogen-bond acceptors (Lipinski definition) is 5. The van der Waals surface area contributed by atoms with Crippen LogP contribution in [0.2, 0.25) is 0 Å². The van der Waals surface area contributed by atoms with Crippen LogP contribution in [0.1, 0.15) is 17.5 Å². The van der Waals surface area contributed by atoms with Crippen molar-refractivity contribution in [3.8, 4) is 17.0 Å². The van der Waals surface area contributed by atoms with Gasteiger partial charge in [0.15, 0.2) is 0 Å². The van der Waals surface area contributed by atoms with Gasteiger partial charge in [0.25, 0.3) is 0 Å². The van der Waals surface area contributed by atoms with Crippen molar-refractivity contribution in [2.45, 2.75) is 26.5 Å². The molecule has 8 heteroatoms. The van der Waals surface area contributed by atoms with E-state index in [9.17, 15) is 9.18 Å². The molecule has 1 amide bonds. The zero-order valence-corrected chi connectivity index (χ0v) is 19.5. The second-order valence-corrected chi connectivity index (χ2v) is 8.97. The maximum absolute atomic E-state index is 13.1. The van der Waals surface area contributed by atoms with E-state index in [2.05, 4.69) is 26.3 Å². The van der Waals surface area contributed by atoms with Gasteiger partial charge in [-0.05, 0) is 56.3 Å². The van der Waals surface area contributed by atoms with Crippen molar-refractivity contribution in [3.05, 3.63) is 65.6 Å². The molecule has 5 rings (SSSR count). The van der Waals surface area contributed by atoms with Crippen molar-refractivity contribution in [1.82, 2.24) is 20.0 Å². The van der Waals surface area contributed by atoms with Gasteiger partial charge in [0, 0.05) is 49.5 Å². The molecule has 1 N–H and O–H groups in total. The Morgan fingerprint density at radius 1 is 1.12 bits per heavy atom. The number of aromatic nitrogens is 2. The van der Waals surface area contributed by atoms with E-state index in [0.717, 1.165) is 73.0 Å². The van der Waals surface area contributed by atoms with Crippen LogP contribution >= 0.6 is 0 Å². The summed E-state index contributed by atoms with van der Waals surface area (Å²) in [5.74, 6) is 0.596. The average molecular weight is 464 g/mol. The first-order valence-electron chi connectivity index (χ1n) is 11.8. The predicted octanol–water partition coefficient (Wildman–Crippen LogP) is 3.22. The van der Waals surface area contributed by atoms with E-state index in [0.29, 0.717) is 13.2 Å². The molecule has 3 aromatic rings. The molecule has 0 bridgehead atoms. The number of amides is 1. The largest absolute Gasteiger partial charge is 0.488 e. The Morgan fingerprint density at radius 2 is 1.91 bits per heavy atom. The highest BCUT2D eigenvalue weighted by atomic mass is 19.1. The summed E-state index contributed by atoms with van der Waals surface area (Å²) in [5, 5.41) is 7.49. The Balaban J connectivity index is 1.07. The Kier molecular flexibility index (Phi) is 6.49. The average Bonchev–Trinajstić information content (AvgIpc) is 3.26. The molecule has 0 saturated carbocycles. The molecule has 34 heavy (non-hydrogen) atoms. The minimum Gasteiger partial charge on any atom is -0.488 e. The SMILES string of the molecule is Cc1ccc2c(c1)-c1c(cnn1CC(=O)NCCCN1CCN(c3ccc(F)cc3)CC1)CO2. The third kappa shape index (κ3) is 4.92. The lowest BCUT2D eigenvalue weighted by Gasteiger charge is -2.36. The van der Waals surface area contributed by atoms with E-state index >= 15 is 0 Å². The molecule has 1 fully saturated rings. The topological polar surface area (TPSA) is 62.6 Å². The molecule has 0 aliphatic carbocycles. The first-order valence-corrected chi connectivity index (χ1v) is 11.8. The van der Waals surface area contributed by atoms with E-state index in [1.54, 1.807) is 10.9 Å². The highest BCUT2D eigenvalue weighted by Crippen LogP contribution is 2.37. The maximum Gasteiger partial charge on any atom is 0.241 e. The molecule has 0 unspecified atom stereocenters. The Labute approximate surface area is 199 Å². The van der Waals surface area contributed by atoms with E-state index in [4.69, 9.17) is 4.74 Å². The van der Waals surface area contributed by atoms with Gasteiger partial charge in [0.1, 0.15) is 24.7 Å². The summed E-state index contributed by atoms with van der Waals surface area (Å²) in [4.78, 5) is 17.3. The first-order chi connectivity index (χ1) is 16.6. The maximum atomic E-state index is 13.1. The number of benzene rings is 2. The van der Waals surface area contributed by atoms with Gasteiger partial charge in [0.2, 0.25) is 5.91 Å². The number of carbonyl (C=O) groups is 1. The molecule has 2 aromatic carbocycles. The number of fused-ring (bicyclic) bond motifs is 3. The molecule has 3 heterocycles. The van der Waals surface area contributed by atoms with Gasteiger partial charge in [-0.1, -0.05) is 11.6 Å². The molecule has 2 aliphatic heterocycles. The van der Waals surface area contributed by atoms with E-state index in [-0.39, 0.29) is 18.3 Å². The van der Waals surface area contributed by atoms with Crippen LogP contribution in [-0.2, 0) is 17.9 Å². The molecule has 7 nitrogen and oxygen atoms in total. The molecule has 0 spiro atoms. The third-order valence-corrected chi connectivity index (χ3v) is 6.52. The number of aryl methyl sites for hydroxylation is 1. The summed E-state index contributed by atoms with van der Waals surface area (Å²) in [7, 11) is 0. The summed E-state index contributed by atoms with van der Waals surface area (Å²) >= 11 is 0. The molecule has 0 radical (unpaired) electrons. The summed E-state index contributed by atoms with van der Waals surface area (Å²) < 4.78 is 20.7. The van der Waals surface area contributed by atoms with E-state index < -0.39 is 0 Å². The van der Waals surface area contributed by atoms with Crippen molar-refractivity contribution in [1.29, 1.82) is 0 Å². The number of hydrogen-bond donors (Lipinski definition) is 1. The second kappa shape index (κ2) is 9.85. The van der Waals surface area contributed by atoms with Crippen molar-refractivity contribution < 1.29 is 13.9 Å². The number of rotatable bonds is 7. The molecular formula is C26H30FN5O2. The predicted molar refractivity (Wildman–Crippen MR) is 129 cm³/mol. The number of carbonyl (C=O) groups excluding carboxylic acids is 1. The van der Waals surface area contributed by atoms with Crippen LogP contribution < -0.4 is 15.0 Å². The number of halogens is 1. The highest BCUT2D eigenvalue weighted by molar-refractivity contribution is 5.78. The standard InChI is InChI=1S/C26H30FN5O2/c1-19-3-8-24-23(15-19)26-20(18-34-24)16-29-32(26)17-25(33)28-9-2-10-30-11-13-31(14-12-30)22-6-4-21(27)5-7-22/h3-8,15-16H,2,9-14,17-18H2,1H3,(H,28,33). The Bertz CT molecular complexity index is 1150. The van der Waals surface area contributed by atoms with Crippen molar-refractivity contribution >= 4 is 11.6 Å². The number of anilines is 1. The number of ether oxygens (including phenoxy) is 1. The van der Waals surface area contributed by atoms with Gasteiger partial charge in [0.05, 0.1) is 11.9 Å². The Morgan fingerprint density at radius 3 is 2.71 bits per heavy atom. The number of piperazine rings is 1. The molecule has 1 aromatic heterocycles. The van der Waals surface area contributed by atoms with Gasteiger partial charge >= 0.3 is 0 Å². The highest BCUT2D eigenvalue weighted by Gasteiger charge is 2.23. The number of nitrogens with one attached hydrogen (secondary N) is 1. The summed E-state index contributed by atoms with van der Waals surface area (Å²) in [6.07, 6.45) is 2.69. The van der Waals surface area contributed by atoms with Gasteiger partial charge < -0.3 is 15.0 Å². The molecule has 178 valence electrons. The van der Waals surface area contributed by atoms with Crippen LogP contribution in [0.4, 0.5) is 10.1 Å². The Hall–Kier alpha value is -3.39. The van der Waals surface area contributed by atoms with Gasteiger partial charge in [-0.25, -0.2) is 4.39 Å². The fraction of sp³-hybridized carbons (Fsp3) is 0.385. The van der Waals surface area contributed by atoms with E-state index in [1.807, 2.05) is 31.2 Å². The van der Waals surface area contributed by atoms with Gasteiger partial charge in [-0.15, -0.1) is 0 Å². The minimum atomic E-state index is -0.203. The summed E-state index contributed by atoms with van der Waals surface area (Å²) in [6, 6.07) is 12.8. The smallest absolute Gasteiger partial charge is 0.241 e. The first kappa shape index (κ1) is 22.4. The molecule has 2 aliphatic rings. The van der Waals surface area contributed by atoms with Crippen LogP contribution in [0.15, 0.2) is 48.7 Å². The fourth-order valence-corrected chi connectivity index (χ4v) is 4.68. The van der Waals surface area contributed by atoms with Crippen LogP contribution in [-0.4, -0.2) is 59.9 Å². The zero-order chi connectivity index (χ0) is 23.5. The second-order valence-electron chi connectivity index (χ2n) is 8.97. The van der Waals surface area contributed by atoms with Crippen molar-refractivity contribution in [3.63, 3.8) is 0 Å². The van der Waals surface area contributed by atoms with Crippen LogP contribution in [0.25, 0.3) is 11.3 Å². The van der Waals surface area contributed by atoms with Crippen LogP contribution in [0, 0.1) is 12.7 Å². The quantitative estimate of drug-likeness (QED) is 0.545. The molecule has 0 atom stereocenters. The van der Waals surface area contributed by atoms with Gasteiger partial charge in [-0.3, -0.25) is 14.4 Å². The van der Waals surface area contributed by atoms with Gasteiger partial charge in [-0.2, -0.15) is 5.10 Å².